The average molecular weight is 352 g/mol. The Hall–Kier alpha value is -0.870. The Morgan fingerprint density at radius 3 is 2.52 bits per heavy atom. The van der Waals surface area contributed by atoms with Gasteiger partial charge in [-0.1, -0.05) is 65.5 Å². The van der Waals surface area contributed by atoms with E-state index in [1.165, 1.54) is 19.3 Å². The molecule has 21 heavy (non-hydrogen) atoms. The summed E-state index contributed by atoms with van der Waals surface area (Å²) < 4.78 is 5.94. The van der Waals surface area contributed by atoms with Crippen LogP contribution in [0.15, 0.2) is 35.3 Å². The summed E-state index contributed by atoms with van der Waals surface area (Å²) in [6.07, 6.45) is 5.72. The molecule has 2 atom stereocenters. The molecule has 3 nitrogen and oxygen atoms in total. The van der Waals surface area contributed by atoms with E-state index in [1.807, 2.05) is 30.3 Å². The predicted molar refractivity (Wildman–Crippen MR) is 87.9 cm³/mol. The molecule has 0 radical (unpaired) electrons. The third-order valence-corrected chi connectivity index (χ3v) is 5.35. The molecule has 1 aromatic rings. The van der Waals surface area contributed by atoms with Crippen LogP contribution in [0.4, 0.5) is 0 Å². The molecule has 0 amide bonds. The predicted octanol–water partition coefficient (Wildman–Crippen LogP) is 3.65. The lowest BCUT2D eigenvalue weighted by molar-refractivity contribution is 0.00254. The van der Waals surface area contributed by atoms with E-state index in [0.29, 0.717) is 12.4 Å². The van der Waals surface area contributed by atoms with E-state index < -0.39 is 5.60 Å². The number of ether oxygens (including phenoxy) is 1. The number of benzene rings is 1. The van der Waals surface area contributed by atoms with Gasteiger partial charge >= 0.3 is 0 Å². The van der Waals surface area contributed by atoms with Gasteiger partial charge in [-0.05, 0) is 18.4 Å². The molecule has 0 spiro atoms. The van der Waals surface area contributed by atoms with E-state index >= 15 is 0 Å². The first-order chi connectivity index (χ1) is 10.2. The van der Waals surface area contributed by atoms with Crippen molar-refractivity contribution in [3.8, 4) is 0 Å². The first kappa shape index (κ1) is 15.0. The van der Waals surface area contributed by atoms with Crippen LogP contribution >= 0.6 is 15.9 Å². The van der Waals surface area contributed by atoms with Crippen molar-refractivity contribution in [2.75, 3.05) is 11.9 Å². The normalized spacial score (nSPS) is 26.0. The first-order valence-electron chi connectivity index (χ1n) is 7.80. The van der Waals surface area contributed by atoms with Crippen LogP contribution < -0.4 is 0 Å². The fourth-order valence-corrected chi connectivity index (χ4v) is 3.79. The lowest BCUT2D eigenvalue weighted by Gasteiger charge is -2.38. The molecule has 1 saturated carbocycles. The molecule has 0 aromatic heterocycles. The van der Waals surface area contributed by atoms with Crippen molar-refractivity contribution >= 4 is 21.8 Å². The van der Waals surface area contributed by atoms with Crippen molar-refractivity contribution in [3.05, 3.63) is 35.9 Å². The van der Waals surface area contributed by atoms with Crippen LogP contribution in [-0.2, 0) is 10.3 Å². The molecule has 2 unspecified atom stereocenters. The lowest BCUT2D eigenvalue weighted by Crippen LogP contribution is -2.45. The summed E-state index contributed by atoms with van der Waals surface area (Å²) in [6.45, 7) is 0.627. The average Bonchev–Trinajstić information content (AvgIpc) is 3.05. The zero-order valence-corrected chi connectivity index (χ0v) is 13.8. The fourth-order valence-electron chi connectivity index (χ4n) is 3.45. The van der Waals surface area contributed by atoms with Gasteiger partial charge in [0.25, 0.3) is 0 Å². The summed E-state index contributed by atoms with van der Waals surface area (Å²) in [5, 5.41) is 12.3. The van der Waals surface area contributed by atoms with Gasteiger partial charge in [-0.15, -0.1) is 0 Å². The summed E-state index contributed by atoms with van der Waals surface area (Å²) in [4.78, 5) is 4.53. The minimum atomic E-state index is -1.07. The van der Waals surface area contributed by atoms with Crippen molar-refractivity contribution in [2.45, 2.75) is 43.8 Å². The second-order valence-corrected chi connectivity index (χ2v) is 6.65. The van der Waals surface area contributed by atoms with E-state index in [1.54, 1.807) is 0 Å². The van der Waals surface area contributed by atoms with Crippen LogP contribution in [0, 0.1) is 5.92 Å². The number of hydrogen-bond donors (Lipinski definition) is 1. The van der Waals surface area contributed by atoms with Crippen LogP contribution in [0.25, 0.3) is 0 Å². The lowest BCUT2D eigenvalue weighted by atomic mass is 9.73. The Balaban J connectivity index is 1.95. The largest absolute Gasteiger partial charge is 0.472 e. The van der Waals surface area contributed by atoms with Gasteiger partial charge in [0, 0.05) is 11.2 Å². The number of aliphatic hydroxyl groups is 1. The van der Waals surface area contributed by atoms with Crippen molar-refractivity contribution < 1.29 is 9.84 Å². The van der Waals surface area contributed by atoms with Crippen molar-refractivity contribution in [2.24, 2.45) is 10.9 Å². The fraction of sp³-hybridized carbons (Fsp3) is 0.588. The highest BCUT2D eigenvalue weighted by Gasteiger charge is 2.47. The quantitative estimate of drug-likeness (QED) is 0.841. The highest BCUT2D eigenvalue weighted by atomic mass is 79.9. The molecular weight excluding hydrogens is 330 g/mol. The monoisotopic (exact) mass is 351 g/mol. The van der Waals surface area contributed by atoms with E-state index in [0.717, 1.165) is 23.7 Å². The number of aliphatic imine (C=N–C) groups is 1. The van der Waals surface area contributed by atoms with E-state index in [-0.39, 0.29) is 12.0 Å². The standard InChI is InChI=1S/C17H22BrNO2/c18-11-15-12-19-16(21-15)17(20,13-7-3-1-4-8-13)14-9-5-2-6-10-14/h1,3-4,7-8,14-15,20H,2,5-6,9-12H2. The first-order valence-corrected chi connectivity index (χ1v) is 8.92. The second-order valence-electron chi connectivity index (χ2n) is 6.01. The van der Waals surface area contributed by atoms with Crippen LogP contribution in [0.2, 0.25) is 0 Å². The van der Waals surface area contributed by atoms with E-state index in [9.17, 15) is 5.11 Å². The smallest absolute Gasteiger partial charge is 0.221 e. The number of alkyl halides is 1. The minimum Gasteiger partial charge on any atom is -0.472 e. The van der Waals surface area contributed by atoms with E-state index in [4.69, 9.17) is 4.74 Å². The summed E-state index contributed by atoms with van der Waals surface area (Å²) in [5.41, 5.74) is -0.163. The highest BCUT2D eigenvalue weighted by molar-refractivity contribution is 9.09. The zero-order chi connectivity index (χ0) is 14.7. The number of hydrogen-bond acceptors (Lipinski definition) is 3. The summed E-state index contributed by atoms with van der Waals surface area (Å²) in [6, 6.07) is 9.90. The maximum absolute atomic E-state index is 11.5. The Morgan fingerprint density at radius 2 is 1.90 bits per heavy atom. The van der Waals surface area contributed by atoms with Gasteiger partial charge in [-0.2, -0.15) is 0 Å². The Morgan fingerprint density at radius 1 is 1.19 bits per heavy atom. The van der Waals surface area contributed by atoms with Gasteiger partial charge in [0.05, 0.1) is 6.54 Å². The molecule has 114 valence electrons. The van der Waals surface area contributed by atoms with Crippen molar-refractivity contribution in [1.82, 2.24) is 0 Å². The van der Waals surface area contributed by atoms with Crippen LogP contribution in [0.1, 0.15) is 37.7 Å². The molecule has 1 heterocycles. The van der Waals surface area contributed by atoms with Crippen molar-refractivity contribution in [1.29, 1.82) is 0 Å². The van der Waals surface area contributed by atoms with E-state index in [2.05, 4.69) is 20.9 Å². The Bertz CT molecular complexity index is 499. The van der Waals surface area contributed by atoms with Crippen molar-refractivity contribution in [3.63, 3.8) is 0 Å². The second kappa shape index (κ2) is 6.49. The summed E-state index contributed by atoms with van der Waals surface area (Å²) in [7, 11) is 0. The zero-order valence-electron chi connectivity index (χ0n) is 12.2. The molecule has 2 aliphatic rings. The molecule has 1 aliphatic heterocycles. The molecule has 1 aliphatic carbocycles. The van der Waals surface area contributed by atoms with Gasteiger partial charge in [-0.3, -0.25) is 0 Å². The SMILES string of the molecule is OC(C1=NCC(CBr)O1)(c1ccccc1)C1CCCCC1. The molecule has 3 rings (SSSR count). The molecule has 1 N–H and O–H groups in total. The van der Waals surface area contributed by atoms with Gasteiger partial charge in [0.2, 0.25) is 5.90 Å². The highest BCUT2D eigenvalue weighted by Crippen LogP contribution is 2.41. The number of halogens is 1. The topological polar surface area (TPSA) is 41.8 Å². The molecule has 1 fully saturated rings. The third kappa shape index (κ3) is 2.88. The maximum atomic E-state index is 11.5. The van der Waals surface area contributed by atoms with Gasteiger partial charge in [0.15, 0.2) is 5.60 Å². The molecule has 1 aromatic carbocycles. The Kier molecular flexibility index (Phi) is 4.65. The summed E-state index contributed by atoms with van der Waals surface area (Å²) in [5.74, 6) is 0.714. The minimum absolute atomic E-state index is 0.0406. The van der Waals surface area contributed by atoms with Gasteiger partial charge < -0.3 is 9.84 Å². The number of nitrogens with zero attached hydrogens (tertiary/aromatic N) is 1. The van der Waals surface area contributed by atoms with Crippen LogP contribution in [-0.4, -0.2) is 29.0 Å². The van der Waals surface area contributed by atoms with Crippen LogP contribution in [0.3, 0.4) is 0 Å². The molecule has 0 bridgehead atoms. The molecule has 4 heteroatoms. The molecular formula is C17H22BrNO2. The van der Waals surface area contributed by atoms with Gasteiger partial charge in [-0.25, -0.2) is 4.99 Å². The van der Waals surface area contributed by atoms with Gasteiger partial charge in [0.1, 0.15) is 6.10 Å². The van der Waals surface area contributed by atoms with Crippen LogP contribution in [0.5, 0.6) is 0 Å². The third-order valence-electron chi connectivity index (χ3n) is 4.62. The summed E-state index contributed by atoms with van der Waals surface area (Å²) >= 11 is 3.44. The number of rotatable bonds is 4. The Labute approximate surface area is 134 Å². The molecule has 0 saturated heterocycles. The maximum Gasteiger partial charge on any atom is 0.221 e.